The van der Waals surface area contributed by atoms with Crippen LogP contribution in [0.25, 0.3) is 0 Å². The van der Waals surface area contributed by atoms with Gasteiger partial charge in [-0.2, -0.15) is 0 Å². The van der Waals surface area contributed by atoms with Gasteiger partial charge in [0.1, 0.15) is 0 Å². The van der Waals surface area contributed by atoms with Crippen molar-refractivity contribution >= 4 is 37.3 Å². The molecule has 1 unspecified atom stereocenters. The van der Waals surface area contributed by atoms with E-state index in [1.54, 1.807) is 19.9 Å². The van der Waals surface area contributed by atoms with Gasteiger partial charge in [-0.05, 0) is 42.3 Å². The normalized spacial score (nSPS) is 15.6. The third kappa shape index (κ3) is 4.31. The van der Waals surface area contributed by atoms with Gasteiger partial charge in [0.2, 0.25) is 10.0 Å². The summed E-state index contributed by atoms with van der Waals surface area (Å²) in [5.74, 6) is 0. The molecule has 18 heavy (non-hydrogen) atoms. The van der Waals surface area contributed by atoms with Crippen LogP contribution in [-0.2, 0) is 10.0 Å². The summed E-state index contributed by atoms with van der Waals surface area (Å²) in [5, 5.41) is 9.97. The van der Waals surface area contributed by atoms with E-state index in [1.165, 1.54) is 11.3 Å². The first kappa shape index (κ1) is 16.1. The molecule has 0 spiro atoms. The van der Waals surface area contributed by atoms with E-state index in [0.717, 1.165) is 15.1 Å². The van der Waals surface area contributed by atoms with Gasteiger partial charge in [0.25, 0.3) is 0 Å². The highest BCUT2D eigenvalue weighted by atomic mass is 79.9. The molecule has 0 aliphatic carbocycles. The van der Waals surface area contributed by atoms with Crippen molar-refractivity contribution in [3.63, 3.8) is 0 Å². The molecule has 0 amide bonds. The number of hydrogen-bond acceptors (Lipinski definition) is 4. The van der Waals surface area contributed by atoms with E-state index >= 15 is 0 Å². The Morgan fingerprint density at radius 1 is 1.56 bits per heavy atom. The molecule has 0 aliphatic heterocycles. The number of aryl methyl sites for hydroxylation is 1. The molecule has 1 heterocycles. The predicted octanol–water partition coefficient (Wildman–Crippen LogP) is 2.65. The molecule has 0 aromatic carbocycles. The second-order valence-electron chi connectivity index (χ2n) is 4.54. The number of aliphatic hydroxyl groups is 1. The maximum Gasteiger partial charge on any atom is 0.241 e. The van der Waals surface area contributed by atoms with Crippen molar-refractivity contribution in [2.75, 3.05) is 6.54 Å². The minimum Gasteiger partial charge on any atom is -0.389 e. The highest BCUT2D eigenvalue weighted by molar-refractivity contribution is 9.11. The van der Waals surface area contributed by atoms with Crippen LogP contribution in [0, 0.1) is 6.92 Å². The van der Waals surface area contributed by atoms with Gasteiger partial charge in [-0.25, -0.2) is 13.1 Å². The lowest BCUT2D eigenvalue weighted by Crippen LogP contribution is -2.40. The van der Waals surface area contributed by atoms with Gasteiger partial charge in [-0.15, -0.1) is 11.3 Å². The summed E-state index contributed by atoms with van der Waals surface area (Å²) in [7, 11) is -3.55. The molecule has 0 aliphatic rings. The molecule has 7 heteroatoms. The molecule has 2 N–H and O–H groups in total. The lowest BCUT2D eigenvalue weighted by molar-refractivity contribution is 0.0554. The Kier molecular flexibility index (Phi) is 5.37. The Morgan fingerprint density at radius 2 is 2.17 bits per heavy atom. The SMILES string of the molecule is CCCC(C)(O)CNS(=O)(=O)c1cc(Br)sc1C. The fraction of sp³-hybridized carbons (Fsp3) is 0.636. The standard InChI is InChI=1S/C11H18BrNO3S2/c1-4-5-11(3,14)7-13-18(15,16)9-6-10(12)17-8(9)2/h6,13-14H,4-5,7H2,1-3H3. The minimum absolute atomic E-state index is 0.0239. The Morgan fingerprint density at radius 3 is 2.61 bits per heavy atom. The van der Waals surface area contributed by atoms with Crippen LogP contribution in [-0.4, -0.2) is 25.7 Å². The van der Waals surface area contributed by atoms with Crippen LogP contribution in [0.5, 0.6) is 0 Å². The van der Waals surface area contributed by atoms with Gasteiger partial charge in [0, 0.05) is 11.4 Å². The molecular weight excluding hydrogens is 338 g/mol. The van der Waals surface area contributed by atoms with Crippen molar-refractivity contribution in [3.05, 3.63) is 14.7 Å². The fourth-order valence-electron chi connectivity index (χ4n) is 1.65. The van der Waals surface area contributed by atoms with E-state index in [1.807, 2.05) is 6.92 Å². The number of sulfonamides is 1. The summed E-state index contributed by atoms with van der Waals surface area (Å²) in [4.78, 5) is 0.996. The zero-order chi connectivity index (χ0) is 14.0. The Hall–Kier alpha value is 0.0500. The Balaban J connectivity index is 2.81. The van der Waals surface area contributed by atoms with E-state index in [4.69, 9.17) is 0 Å². The summed E-state index contributed by atoms with van der Waals surface area (Å²) < 4.78 is 27.4. The van der Waals surface area contributed by atoms with E-state index < -0.39 is 15.6 Å². The maximum absolute atomic E-state index is 12.1. The van der Waals surface area contributed by atoms with Gasteiger partial charge >= 0.3 is 0 Å². The Labute approximate surface area is 121 Å². The molecular formula is C11H18BrNO3S2. The zero-order valence-electron chi connectivity index (χ0n) is 10.7. The first-order valence-electron chi connectivity index (χ1n) is 5.66. The summed E-state index contributed by atoms with van der Waals surface area (Å²) >= 11 is 4.64. The van der Waals surface area contributed by atoms with E-state index in [9.17, 15) is 13.5 Å². The number of thiophene rings is 1. The van der Waals surface area contributed by atoms with E-state index in [0.29, 0.717) is 6.42 Å². The quantitative estimate of drug-likeness (QED) is 0.824. The van der Waals surface area contributed by atoms with Gasteiger partial charge < -0.3 is 5.11 Å². The van der Waals surface area contributed by atoms with Crippen molar-refractivity contribution in [1.82, 2.24) is 4.72 Å². The van der Waals surface area contributed by atoms with Crippen LogP contribution < -0.4 is 4.72 Å². The molecule has 4 nitrogen and oxygen atoms in total. The Bertz CT molecular complexity index is 508. The van der Waals surface area contributed by atoms with Crippen LogP contribution in [0.2, 0.25) is 0 Å². The average molecular weight is 356 g/mol. The highest BCUT2D eigenvalue weighted by Crippen LogP contribution is 2.29. The first-order chi connectivity index (χ1) is 8.18. The lowest BCUT2D eigenvalue weighted by atomic mass is 10.0. The van der Waals surface area contributed by atoms with Crippen molar-refractivity contribution in [1.29, 1.82) is 0 Å². The van der Waals surface area contributed by atoms with Gasteiger partial charge in [-0.1, -0.05) is 13.3 Å². The van der Waals surface area contributed by atoms with Gasteiger partial charge in [0.05, 0.1) is 14.3 Å². The van der Waals surface area contributed by atoms with Crippen molar-refractivity contribution in [3.8, 4) is 0 Å². The maximum atomic E-state index is 12.1. The van der Waals surface area contributed by atoms with Crippen LogP contribution in [0.15, 0.2) is 14.7 Å². The zero-order valence-corrected chi connectivity index (χ0v) is 13.9. The number of halogens is 1. The van der Waals surface area contributed by atoms with E-state index in [-0.39, 0.29) is 11.4 Å². The second-order valence-corrected chi connectivity index (χ2v) is 8.91. The summed E-state index contributed by atoms with van der Waals surface area (Å²) in [6.07, 6.45) is 1.36. The van der Waals surface area contributed by atoms with Crippen molar-refractivity contribution in [2.45, 2.75) is 44.1 Å². The van der Waals surface area contributed by atoms with Crippen LogP contribution >= 0.6 is 27.3 Å². The predicted molar refractivity (Wildman–Crippen MR) is 77.5 cm³/mol. The van der Waals surface area contributed by atoms with Crippen LogP contribution in [0.4, 0.5) is 0 Å². The summed E-state index contributed by atoms with van der Waals surface area (Å²) in [6, 6.07) is 1.58. The number of hydrogen-bond donors (Lipinski definition) is 2. The molecule has 0 bridgehead atoms. The topological polar surface area (TPSA) is 66.4 Å². The molecule has 1 atom stereocenters. The van der Waals surface area contributed by atoms with E-state index in [2.05, 4.69) is 20.7 Å². The number of rotatable bonds is 6. The summed E-state index contributed by atoms with van der Waals surface area (Å²) in [6.45, 7) is 5.36. The van der Waals surface area contributed by atoms with Crippen LogP contribution in [0.3, 0.4) is 0 Å². The number of nitrogens with one attached hydrogen (secondary N) is 1. The molecule has 104 valence electrons. The lowest BCUT2D eigenvalue weighted by Gasteiger charge is -2.22. The molecule has 0 saturated heterocycles. The van der Waals surface area contributed by atoms with Gasteiger partial charge in [-0.3, -0.25) is 0 Å². The third-order valence-electron chi connectivity index (χ3n) is 2.56. The summed E-state index contributed by atoms with van der Waals surface area (Å²) in [5.41, 5.74) is -1.01. The highest BCUT2D eigenvalue weighted by Gasteiger charge is 2.25. The molecule has 1 aromatic heterocycles. The van der Waals surface area contributed by atoms with Gasteiger partial charge in [0.15, 0.2) is 0 Å². The third-order valence-corrected chi connectivity index (χ3v) is 5.77. The van der Waals surface area contributed by atoms with Crippen molar-refractivity contribution < 1.29 is 13.5 Å². The molecule has 1 rings (SSSR count). The molecule has 0 radical (unpaired) electrons. The van der Waals surface area contributed by atoms with Crippen molar-refractivity contribution in [2.24, 2.45) is 0 Å². The first-order valence-corrected chi connectivity index (χ1v) is 8.75. The fourth-order valence-corrected chi connectivity index (χ4v) is 5.23. The largest absolute Gasteiger partial charge is 0.389 e. The molecule has 1 aromatic rings. The molecule has 0 saturated carbocycles. The monoisotopic (exact) mass is 355 g/mol. The second kappa shape index (κ2) is 6.00. The smallest absolute Gasteiger partial charge is 0.241 e. The minimum atomic E-state index is -3.55. The molecule has 0 fully saturated rings. The van der Waals surface area contributed by atoms with Crippen LogP contribution in [0.1, 0.15) is 31.6 Å². The average Bonchev–Trinajstić information content (AvgIpc) is 2.56.